The van der Waals surface area contributed by atoms with Crippen LogP contribution in [-0.4, -0.2) is 12.9 Å². The van der Waals surface area contributed by atoms with Gasteiger partial charge in [0.1, 0.15) is 11.5 Å². The Bertz CT molecular complexity index is 439. The molecule has 3 unspecified atom stereocenters. The van der Waals surface area contributed by atoms with Crippen LogP contribution in [0.1, 0.15) is 38.7 Å². The Kier molecular flexibility index (Phi) is 4.62. The molecule has 1 saturated carbocycles. The highest BCUT2D eigenvalue weighted by Gasteiger charge is 2.29. The molecule has 0 amide bonds. The molecule has 2 rings (SSSR count). The van der Waals surface area contributed by atoms with Crippen molar-refractivity contribution in [3.63, 3.8) is 0 Å². The Balaban J connectivity index is 2.01. The van der Waals surface area contributed by atoms with Gasteiger partial charge in [0.2, 0.25) is 0 Å². The molecule has 0 N–H and O–H groups in total. The van der Waals surface area contributed by atoms with E-state index in [1.54, 1.807) is 7.11 Å². The van der Waals surface area contributed by atoms with Gasteiger partial charge in [0.15, 0.2) is 0 Å². The lowest BCUT2D eigenvalue weighted by Gasteiger charge is -2.31. The van der Waals surface area contributed by atoms with Crippen LogP contribution in [0.25, 0.3) is 0 Å². The van der Waals surface area contributed by atoms with Crippen molar-refractivity contribution < 1.29 is 9.53 Å². The van der Waals surface area contributed by atoms with E-state index in [9.17, 15) is 4.79 Å². The van der Waals surface area contributed by atoms with E-state index >= 15 is 0 Å². The van der Waals surface area contributed by atoms with Gasteiger partial charge >= 0.3 is 0 Å². The molecule has 0 bridgehead atoms. The number of methoxy groups -OCH3 is 1. The largest absolute Gasteiger partial charge is 0.496 e. The van der Waals surface area contributed by atoms with Crippen LogP contribution < -0.4 is 4.74 Å². The van der Waals surface area contributed by atoms with E-state index in [0.29, 0.717) is 18.1 Å². The normalized spacial score (nSPS) is 27.0. The number of hydrogen-bond donors (Lipinski definition) is 0. The van der Waals surface area contributed by atoms with E-state index in [2.05, 4.69) is 13.8 Å². The van der Waals surface area contributed by atoms with Crippen LogP contribution in [0, 0.1) is 17.8 Å². The third kappa shape index (κ3) is 3.37. The van der Waals surface area contributed by atoms with Gasteiger partial charge in [0.05, 0.1) is 7.11 Å². The molecule has 0 spiro atoms. The summed E-state index contributed by atoms with van der Waals surface area (Å²) < 4.78 is 5.32. The lowest BCUT2D eigenvalue weighted by atomic mass is 9.73. The van der Waals surface area contributed by atoms with Gasteiger partial charge in [-0.15, -0.1) is 0 Å². The standard InChI is InChI=1S/C17H24O2/c1-12-8-9-14(10-13(12)2)16(18)11-15-6-4-5-7-17(15)19-3/h4-7,12-14H,8-11H2,1-3H3. The molecular formula is C17H24O2. The first-order valence-electron chi connectivity index (χ1n) is 7.26. The van der Waals surface area contributed by atoms with Gasteiger partial charge < -0.3 is 4.74 Å². The van der Waals surface area contributed by atoms with Gasteiger partial charge in [-0.25, -0.2) is 0 Å². The molecule has 0 aromatic heterocycles. The quantitative estimate of drug-likeness (QED) is 0.821. The molecule has 2 nitrogen and oxygen atoms in total. The van der Waals surface area contributed by atoms with Crippen molar-refractivity contribution in [2.45, 2.75) is 39.5 Å². The van der Waals surface area contributed by atoms with Crippen LogP contribution in [0.5, 0.6) is 5.75 Å². The Morgan fingerprint density at radius 3 is 2.63 bits per heavy atom. The molecule has 104 valence electrons. The smallest absolute Gasteiger partial charge is 0.140 e. The van der Waals surface area contributed by atoms with Crippen molar-refractivity contribution in [1.82, 2.24) is 0 Å². The number of rotatable bonds is 4. The summed E-state index contributed by atoms with van der Waals surface area (Å²) in [5.41, 5.74) is 1.02. The molecule has 1 aromatic rings. The van der Waals surface area contributed by atoms with E-state index in [1.165, 1.54) is 6.42 Å². The first kappa shape index (κ1) is 14.1. The second-order valence-electron chi connectivity index (χ2n) is 5.92. The highest BCUT2D eigenvalue weighted by molar-refractivity contribution is 5.84. The van der Waals surface area contributed by atoms with Crippen molar-refractivity contribution in [2.75, 3.05) is 7.11 Å². The number of ketones is 1. The number of para-hydroxylation sites is 1. The second kappa shape index (κ2) is 6.23. The second-order valence-corrected chi connectivity index (χ2v) is 5.92. The number of ether oxygens (including phenoxy) is 1. The topological polar surface area (TPSA) is 26.3 Å². The molecular weight excluding hydrogens is 236 g/mol. The van der Waals surface area contributed by atoms with Gasteiger partial charge in [-0.05, 0) is 37.2 Å². The predicted octanol–water partition coefficient (Wildman–Crippen LogP) is 3.88. The predicted molar refractivity (Wildman–Crippen MR) is 77.4 cm³/mol. The maximum atomic E-state index is 12.4. The number of carbonyl (C=O) groups excluding carboxylic acids is 1. The zero-order valence-corrected chi connectivity index (χ0v) is 12.2. The highest BCUT2D eigenvalue weighted by Crippen LogP contribution is 2.34. The molecule has 3 atom stereocenters. The zero-order valence-electron chi connectivity index (χ0n) is 12.2. The van der Waals surface area contributed by atoms with Crippen LogP contribution in [0.3, 0.4) is 0 Å². The fourth-order valence-corrected chi connectivity index (χ4v) is 3.02. The minimum absolute atomic E-state index is 0.246. The number of hydrogen-bond acceptors (Lipinski definition) is 2. The minimum Gasteiger partial charge on any atom is -0.496 e. The van der Waals surface area contributed by atoms with E-state index in [-0.39, 0.29) is 5.92 Å². The van der Waals surface area contributed by atoms with Crippen molar-refractivity contribution in [3.8, 4) is 5.75 Å². The van der Waals surface area contributed by atoms with Gasteiger partial charge in [-0.2, -0.15) is 0 Å². The summed E-state index contributed by atoms with van der Waals surface area (Å²) in [7, 11) is 1.66. The van der Waals surface area contributed by atoms with Crippen LogP contribution in [0.15, 0.2) is 24.3 Å². The van der Waals surface area contributed by atoms with Gasteiger partial charge in [0.25, 0.3) is 0 Å². The molecule has 1 aliphatic carbocycles. The first-order chi connectivity index (χ1) is 9.11. The fourth-order valence-electron chi connectivity index (χ4n) is 3.02. The summed E-state index contributed by atoms with van der Waals surface area (Å²) >= 11 is 0. The number of benzene rings is 1. The molecule has 19 heavy (non-hydrogen) atoms. The fraction of sp³-hybridized carbons (Fsp3) is 0.588. The molecule has 1 aliphatic rings. The van der Waals surface area contributed by atoms with Crippen molar-refractivity contribution in [2.24, 2.45) is 17.8 Å². The summed E-state index contributed by atoms with van der Waals surface area (Å²) in [5, 5.41) is 0. The average Bonchev–Trinajstić information content (AvgIpc) is 2.42. The Labute approximate surface area is 116 Å². The Morgan fingerprint density at radius 1 is 1.21 bits per heavy atom. The maximum Gasteiger partial charge on any atom is 0.140 e. The molecule has 0 radical (unpaired) electrons. The van der Waals surface area contributed by atoms with E-state index in [0.717, 1.165) is 30.1 Å². The van der Waals surface area contributed by atoms with Gasteiger partial charge in [-0.3, -0.25) is 4.79 Å². The monoisotopic (exact) mass is 260 g/mol. The van der Waals surface area contributed by atoms with E-state index in [4.69, 9.17) is 4.74 Å². The summed E-state index contributed by atoms with van der Waals surface area (Å²) in [6.07, 6.45) is 3.80. The molecule has 0 heterocycles. The summed E-state index contributed by atoms with van der Waals surface area (Å²) in [5.74, 6) is 2.88. The Hall–Kier alpha value is -1.31. The summed E-state index contributed by atoms with van der Waals surface area (Å²) in [4.78, 5) is 12.4. The third-order valence-corrected chi connectivity index (χ3v) is 4.61. The molecule has 2 heteroatoms. The molecule has 1 aromatic carbocycles. The van der Waals surface area contributed by atoms with Crippen molar-refractivity contribution >= 4 is 5.78 Å². The van der Waals surface area contributed by atoms with Crippen molar-refractivity contribution in [1.29, 1.82) is 0 Å². The van der Waals surface area contributed by atoms with Crippen molar-refractivity contribution in [3.05, 3.63) is 29.8 Å². The molecule has 1 fully saturated rings. The van der Waals surface area contributed by atoms with Gasteiger partial charge in [0, 0.05) is 17.9 Å². The van der Waals surface area contributed by atoms with E-state index in [1.807, 2.05) is 24.3 Å². The van der Waals surface area contributed by atoms with Gasteiger partial charge in [-0.1, -0.05) is 32.0 Å². The summed E-state index contributed by atoms with van der Waals surface area (Å²) in [6, 6.07) is 7.83. The summed E-state index contributed by atoms with van der Waals surface area (Å²) in [6.45, 7) is 4.57. The zero-order chi connectivity index (χ0) is 13.8. The SMILES string of the molecule is COc1ccccc1CC(=O)C1CCC(C)C(C)C1. The van der Waals surface area contributed by atoms with E-state index < -0.39 is 0 Å². The Morgan fingerprint density at radius 2 is 1.95 bits per heavy atom. The maximum absolute atomic E-state index is 12.4. The minimum atomic E-state index is 0.246. The van der Waals surface area contributed by atoms with Crippen LogP contribution >= 0.6 is 0 Å². The number of Topliss-reactive ketones (excluding diaryl/α,β-unsaturated/α-hetero) is 1. The van der Waals surface area contributed by atoms with Crippen LogP contribution in [0.2, 0.25) is 0 Å². The molecule has 0 saturated heterocycles. The van der Waals surface area contributed by atoms with Crippen LogP contribution in [0.4, 0.5) is 0 Å². The average molecular weight is 260 g/mol. The highest BCUT2D eigenvalue weighted by atomic mass is 16.5. The first-order valence-corrected chi connectivity index (χ1v) is 7.26. The number of carbonyl (C=O) groups is 1. The third-order valence-electron chi connectivity index (χ3n) is 4.61. The van der Waals surface area contributed by atoms with Crippen LogP contribution in [-0.2, 0) is 11.2 Å². The molecule has 0 aliphatic heterocycles. The lowest BCUT2D eigenvalue weighted by molar-refractivity contribution is -0.124. The lowest BCUT2D eigenvalue weighted by Crippen LogP contribution is -2.27.